The molecule has 1 heterocycles. The van der Waals surface area contributed by atoms with Gasteiger partial charge in [-0.15, -0.1) is 0 Å². The Balaban J connectivity index is 1.37. The van der Waals surface area contributed by atoms with E-state index in [1.54, 1.807) is 0 Å². The Labute approximate surface area is 178 Å². The van der Waals surface area contributed by atoms with Crippen molar-refractivity contribution < 1.29 is 19.3 Å². The monoisotopic (exact) mass is 413 g/mol. The van der Waals surface area contributed by atoms with Crippen LogP contribution >= 0.6 is 0 Å². The van der Waals surface area contributed by atoms with Crippen molar-refractivity contribution in [1.82, 2.24) is 15.8 Å². The standard InChI is InChI=1S/C23H32N4O3/c1-16(2)18-8-6-17(7-9-18)14-26(19-10-11-19)15-20(28)25-27-21(29)23(24-22(27)30)12-4-3-5-13-23/h6-9,16,19H,3-5,10-15H2,1-2H3,(H,24,30)(H,25,28)/p+1. The van der Waals surface area contributed by atoms with Crippen LogP contribution in [0.2, 0.25) is 0 Å². The highest BCUT2D eigenvalue weighted by molar-refractivity contribution is 6.08. The zero-order valence-electron chi connectivity index (χ0n) is 18.0. The first-order valence-electron chi connectivity index (χ1n) is 11.3. The lowest BCUT2D eigenvalue weighted by Gasteiger charge is -2.30. The number of carbonyl (C=O) groups is 3. The Hall–Kier alpha value is -2.41. The number of hydrazine groups is 1. The number of nitrogens with zero attached hydrogens (tertiary/aromatic N) is 1. The van der Waals surface area contributed by atoms with Gasteiger partial charge in [-0.25, -0.2) is 4.79 Å². The molecule has 0 bridgehead atoms. The largest absolute Gasteiger partial charge is 0.344 e. The number of rotatable bonds is 7. The topological polar surface area (TPSA) is 82.9 Å². The lowest BCUT2D eigenvalue weighted by Crippen LogP contribution is -3.13. The van der Waals surface area contributed by atoms with Gasteiger partial charge in [0, 0.05) is 18.4 Å². The quantitative estimate of drug-likeness (QED) is 0.595. The predicted molar refractivity (Wildman–Crippen MR) is 112 cm³/mol. The van der Waals surface area contributed by atoms with Crippen molar-refractivity contribution >= 4 is 17.8 Å². The number of hydrogen-bond donors (Lipinski definition) is 3. The van der Waals surface area contributed by atoms with Crippen molar-refractivity contribution in [3.05, 3.63) is 35.4 Å². The maximum Gasteiger partial charge on any atom is 0.344 e. The summed E-state index contributed by atoms with van der Waals surface area (Å²) in [5.74, 6) is -0.0989. The molecule has 2 saturated carbocycles. The number of carbonyl (C=O) groups excluding carboxylic acids is 3. The van der Waals surface area contributed by atoms with Crippen LogP contribution in [0.4, 0.5) is 4.79 Å². The van der Waals surface area contributed by atoms with Gasteiger partial charge < -0.3 is 10.2 Å². The van der Waals surface area contributed by atoms with Crippen LogP contribution in [-0.2, 0) is 16.1 Å². The molecule has 1 saturated heterocycles. The highest BCUT2D eigenvalue weighted by atomic mass is 16.2. The average molecular weight is 414 g/mol. The molecular formula is C23H33N4O3+. The molecule has 4 rings (SSSR count). The predicted octanol–water partition coefficient (Wildman–Crippen LogP) is 1.64. The van der Waals surface area contributed by atoms with Gasteiger partial charge in [0.25, 0.3) is 11.8 Å². The second-order valence-electron chi connectivity index (χ2n) is 9.43. The maximum atomic E-state index is 12.9. The molecule has 162 valence electrons. The van der Waals surface area contributed by atoms with Crippen LogP contribution in [0.25, 0.3) is 0 Å². The molecular weight excluding hydrogens is 380 g/mol. The Kier molecular flexibility index (Phi) is 5.82. The Morgan fingerprint density at radius 1 is 1.17 bits per heavy atom. The molecule has 1 aromatic rings. The van der Waals surface area contributed by atoms with E-state index in [-0.39, 0.29) is 18.4 Å². The molecule has 1 aromatic carbocycles. The summed E-state index contributed by atoms with van der Waals surface area (Å²) in [4.78, 5) is 39.2. The number of hydrogen-bond acceptors (Lipinski definition) is 3. The smallest absolute Gasteiger partial charge is 0.322 e. The van der Waals surface area contributed by atoms with Crippen molar-refractivity contribution in [2.75, 3.05) is 6.54 Å². The molecule has 3 fully saturated rings. The van der Waals surface area contributed by atoms with Gasteiger partial charge in [-0.05, 0) is 24.3 Å². The van der Waals surface area contributed by atoms with Gasteiger partial charge in [0.2, 0.25) is 0 Å². The Bertz CT molecular complexity index is 810. The molecule has 3 N–H and O–H groups in total. The van der Waals surface area contributed by atoms with Crippen LogP contribution in [0, 0.1) is 0 Å². The van der Waals surface area contributed by atoms with Gasteiger partial charge >= 0.3 is 6.03 Å². The average Bonchev–Trinajstić information content (AvgIpc) is 3.54. The van der Waals surface area contributed by atoms with Crippen molar-refractivity contribution in [3.8, 4) is 0 Å². The minimum atomic E-state index is -0.816. The van der Waals surface area contributed by atoms with E-state index in [1.807, 2.05) is 0 Å². The third-order valence-corrected chi connectivity index (χ3v) is 6.73. The summed E-state index contributed by atoms with van der Waals surface area (Å²) in [7, 11) is 0. The van der Waals surface area contributed by atoms with E-state index in [0.717, 1.165) is 43.7 Å². The minimum Gasteiger partial charge on any atom is -0.322 e. The van der Waals surface area contributed by atoms with Gasteiger partial charge in [0.1, 0.15) is 12.1 Å². The first-order chi connectivity index (χ1) is 14.4. The second-order valence-corrected chi connectivity index (χ2v) is 9.43. The van der Waals surface area contributed by atoms with Crippen LogP contribution in [0.5, 0.6) is 0 Å². The lowest BCUT2D eigenvalue weighted by atomic mass is 9.82. The number of imide groups is 1. The zero-order valence-corrected chi connectivity index (χ0v) is 18.0. The fraction of sp³-hybridized carbons (Fsp3) is 0.609. The highest BCUT2D eigenvalue weighted by Crippen LogP contribution is 2.32. The summed E-state index contributed by atoms with van der Waals surface area (Å²) in [5, 5.41) is 3.75. The van der Waals surface area contributed by atoms with E-state index in [9.17, 15) is 14.4 Å². The van der Waals surface area contributed by atoms with E-state index in [0.29, 0.717) is 24.8 Å². The van der Waals surface area contributed by atoms with Crippen molar-refractivity contribution in [3.63, 3.8) is 0 Å². The zero-order chi connectivity index (χ0) is 21.3. The van der Waals surface area contributed by atoms with Crippen LogP contribution in [0.3, 0.4) is 0 Å². The first-order valence-corrected chi connectivity index (χ1v) is 11.3. The number of quaternary nitrogens is 1. The van der Waals surface area contributed by atoms with Crippen molar-refractivity contribution in [2.24, 2.45) is 0 Å². The van der Waals surface area contributed by atoms with E-state index < -0.39 is 11.6 Å². The summed E-state index contributed by atoms with van der Waals surface area (Å²) < 4.78 is 0. The fourth-order valence-electron chi connectivity index (χ4n) is 4.71. The minimum absolute atomic E-state index is 0.251. The molecule has 0 aromatic heterocycles. The van der Waals surface area contributed by atoms with Crippen LogP contribution in [0.15, 0.2) is 24.3 Å². The van der Waals surface area contributed by atoms with E-state index in [1.165, 1.54) is 16.0 Å². The van der Waals surface area contributed by atoms with E-state index in [2.05, 4.69) is 48.9 Å². The lowest BCUT2D eigenvalue weighted by molar-refractivity contribution is -0.917. The third kappa shape index (κ3) is 4.36. The number of nitrogens with one attached hydrogen (secondary N) is 3. The van der Waals surface area contributed by atoms with E-state index >= 15 is 0 Å². The summed E-state index contributed by atoms with van der Waals surface area (Å²) in [6.45, 7) is 5.36. The van der Waals surface area contributed by atoms with Crippen LogP contribution < -0.4 is 15.6 Å². The molecule has 1 aliphatic heterocycles. The Morgan fingerprint density at radius 3 is 2.43 bits per heavy atom. The maximum absolute atomic E-state index is 12.9. The van der Waals surface area contributed by atoms with E-state index in [4.69, 9.17) is 0 Å². The van der Waals surface area contributed by atoms with Crippen molar-refractivity contribution in [2.45, 2.75) is 82.8 Å². The molecule has 1 atom stereocenters. The second kappa shape index (κ2) is 8.38. The molecule has 1 spiro atoms. The molecule has 3 aliphatic rings. The van der Waals surface area contributed by atoms with Crippen molar-refractivity contribution in [1.29, 1.82) is 0 Å². The summed E-state index contributed by atoms with van der Waals surface area (Å²) in [6.07, 6.45) is 6.44. The molecule has 7 heteroatoms. The van der Waals surface area contributed by atoms with Crippen LogP contribution in [-0.4, -0.2) is 41.0 Å². The highest BCUT2D eigenvalue weighted by Gasteiger charge is 2.52. The molecule has 7 nitrogen and oxygen atoms in total. The number of benzene rings is 1. The Morgan fingerprint density at radius 2 is 1.83 bits per heavy atom. The fourth-order valence-corrected chi connectivity index (χ4v) is 4.71. The summed E-state index contributed by atoms with van der Waals surface area (Å²) in [6, 6.07) is 8.55. The van der Waals surface area contributed by atoms with Gasteiger partial charge in [0.05, 0.1) is 6.04 Å². The number of urea groups is 1. The molecule has 0 radical (unpaired) electrons. The van der Waals surface area contributed by atoms with Gasteiger partial charge in [-0.1, -0.05) is 57.4 Å². The first kappa shape index (κ1) is 20.8. The third-order valence-electron chi connectivity index (χ3n) is 6.73. The van der Waals surface area contributed by atoms with Gasteiger partial charge in [-0.3, -0.25) is 15.0 Å². The summed E-state index contributed by atoms with van der Waals surface area (Å²) >= 11 is 0. The molecule has 2 aliphatic carbocycles. The summed E-state index contributed by atoms with van der Waals surface area (Å²) in [5.41, 5.74) is 4.27. The number of amides is 4. The SMILES string of the molecule is CC(C)c1ccc(C[NH+](CC(=O)NN2C(=O)NC3(CCCCC3)C2=O)C2CC2)cc1. The molecule has 1 unspecified atom stereocenters. The van der Waals surface area contributed by atoms with Gasteiger partial charge in [-0.2, -0.15) is 5.01 Å². The molecule has 30 heavy (non-hydrogen) atoms. The van der Waals surface area contributed by atoms with Gasteiger partial charge in [0.15, 0.2) is 6.54 Å². The normalized spacial score (nSPS) is 21.8. The van der Waals surface area contributed by atoms with Crippen LogP contribution in [0.1, 0.15) is 75.8 Å². The molecule has 4 amide bonds.